The molecule has 28 heavy (non-hydrogen) atoms. The van der Waals surface area contributed by atoms with Crippen molar-refractivity contribution in [3.05, 3.63) is 83.8 Å². The summed E-state index contributed by atoms with van der Waals surface area (Å²) in [5.41, 5.74) is 14.0. The third-order valence-electron chi connectivity index (χ3n) is 4.13. The lowest BCUT2D eigenvalue weighted by Gasteiger charge is -2.06. The number of hydrogen-bond acceptors (Lipinski definition) is 6. The maximum absolute atomic E-state index is 13.0. The number of pyridine rings is 1. The third kappa shape index (κ3) is 3.93. The van der Waals surface area contributed by atoms with Crippen molar-refractivity contribution in [3.8, 4) is 22.8 Å². The number of halogens is 1. The van der Waals surface area contributed by atoms with E-state index in [9.17, 15) is 4.39 Å². The van der Waals surface area contributed by atoms with E-state index in [0.717, 1.165) is 11.3 Å². The maximum atomic E-state index is 13.0. The van der Waals surface area contributed by atoms with Gasteiger partial charge in [-0.3, -0.25) is 0 Å². The number of hydrogen-bond donors (Lipinski definition) is 2. The number of benzene rings is 2. The van der Waals surface area contributed by atoms with Crippen LogP contribution in [0, 0.1) is 5.82 Å². The van der Waals surface area contributed by atoms with Crippen LogP contribution in [0.5, 0.6) is 11.5 Å². The predicted molar refractivity (Wildman–Crippen MR) is 104 cm³/mol. The molecule has 4 N–H and O–H groups in total. The van der Waals surface area contributed by atoms with Crippen molar-refractivity contribution in [1.29, 1.82) is 0 Å². The highest BCUT2D eigenvalue weighted by Gasteiger charge is 2.11. The molecule has 0 aliphatic carbocycles. The van der Waals surface area contributed by atoms with Gasteiger partial charge in [0.15, 0.2) is 5.76 Å². The van der Waals surface area contributed by atoms with Gasteiger partial charge >= 0.3 is 0 Å². The monoisotopic (exact) mass is 376 g/mol. The van der Waals surface area contributed by atoms with Crippen LogP contribution < -0.4 is 16.2 Å². The second-order valence-electron chi connectivity index (χ2n) is 6.23. The van der Waals surface area contributed by atoms with Gasteiger partial charge in [0.1, 0.15) is 29.0 Å². The topological polar surface area (TPSA) is 100 Å². The summed E-state index contributed by atoms with van der Waals surface area (Å²) in [5.74, 6) is 2.12. The average Bonchev–Trinajstić information content (AvgIpc) is 3.13. The first kappa shape index (κ1) is 17.5. The number of anilines is 2. The molecular weight excluding hydrogens is 359 g/mol. The molecule has 7 heteroatoms. The van der Waals surface area contributed by atoms with Crippen LogP contribution in [0.15, 0.2) is 71.3 Å². The zero-order valence-corrected chi connectivity index (χ0v) is 14.8. The zero-order chi connectivity index (χ0) is 19.5. The van der Waals surface area contributed by atoms with Gasteiger partial charge in [0.05, 0.1) is 11.3 Å². The molecule has 6 nitrogen and oxygen atoms in total. The van der Waals surface area contributed by atoms with Crippen LogP contribution in [-0.2, 0) is 6.42 Å². The van der Waals surface area contributed by atoms with Crippen molar-refractivity contribution >= 4 is 11.6 Å². The van der Waals surface area contributed by atoms with Crippen molar-refractivity contribution < 1.29 is 13.7 Å². The number of rotatable bonds is 5. The Morgan fingerprint density at radius 2 is 1.57 bits per heavy atom. The molecule has 2 aromatic heterocycles. The van der Waals surface area contributed by atoms with Gasteiger partial charge in [-0.05, 0) is 54.1 Å². The smallest absolute Gasteiger partial charge is 0.170 e. The van der Waals surface area contributed by atoms with Crippen LogP contribution in [0.1, 0.15) is 11.3 Å². The van der Waals surface area contributed by atoms with Gasteiger partial charge in [-0.25, -0.2) is 9.37 Å². The second-order valence-corrected chi connectivity index (χ2v) is 6.23. The number of nitrogens with two attached hydrogens (primary N) is 2. The Kier molecular flexibility index (Phi) is 4.63. The van der Waals surface area contributed by atoms with Crippen LogP contribution in [0.2, 0.25) is 0 Å². The van der Waals surface area contributed by atoms with E-state index in [0.29, 0.717) is 40.9 Å². The molecule has 0 amide bonds. The third-order valence-corrected chi connectivity index (χ3v) is 4.13. The van der Waals surface area contributed by atoms with Gasteiger partial charge < -0.3 is 20.7 Å². The fourth-order valence-electron chi connectivity index (χ4n) is 2.74. The van der Waals surface area contributed by atoms with Crippen molar-refractivity contribution in [2.45, 2.75) is 6.42 Å². The molecule has 0 radical (unpaired) electrons. The molecule has 4 rings (SSSR count). The van der Waals surface area contributed by atoms with Crippen LogP contribution in [0.25, 0.3) is 11.3 Å². The zero-order valence-electron chi connectivity index (χ0n) is 14.8. The van der Waals surface area contributed by atoms with E-state index in [1.165, 1.54) is 12.1 Å². The first-order valence-corrected chi connectivity index (χ1v) is 8.57. The molecule has 140 valence electrons. The minimum absolute atomic E-state index is 0.296. The first-order valence-electron chi connectivity index (χ1n) is 8.57. The number of nitrogen functional groups attached to an aromatic ring is 2. The van der Waals surface area contributed by atoms with Crippen LogP contribution in [0.4, 0.5) is 16.0 Å². The number of ether oxygens (including phenoxy) is 1. The molecule has 4 aromatic rings. The van der Waals surface area contributed by atoms with Gasteiger partial charge in [-0.15, -0.1) is 0 Å². The molecule has 0 saturated heterocycles. The molecule has 2 aromatic carbocycles. The van der Waals surface area contributed by atoms with Gasteiger partial charge in [-0.2, -0.15) is 0 Å². The molecule has 0 fully saturated rings. The normalized spacial score (nSPS) is 10.8. The summed E-state index contributed by atoms with van der Waals surface area (Å²) in [4.78, 5) is 4.03. The molecule has 2 heterocycles. The van der Waals surface area contributed by atoms with Gasteiger partial charge in [0.2, 0.25) is 0 Å². The van der Waals surface area contributed by atoms with E-state index in [1.54, 1.807) is 24.3 Å². The molecule has 0 saturated carbocycles. The Labute approximate surface area is 160 Å². The van der Waals surface area contributed by atoms with Gasteiger partial charge in [-0.1, -0.05) is 17.3 Å². The molecule has 0 atom stereocenters. The second kappa shape index (κ2) is 7.40. The summed E-state index contributed by atoms with van der Waals surface area (Å²) in [6, 6.07) is 18.7. The minimum atomic E-state index is -0.300. The summed E-state index contributed by atoms with van der Waals surface area (Å²) >= 11 is 0. The fourth-order valence-corrected chi connectivity index (χ4v) is 2.74. The Morgan fingerprint density at radius 1 is 0.893 bits per heavy atom. The van der Waals surface area contributed by atoms with E-state index in [-0.39, 0.29) is 5.82 Å². The Morgan fingerprint density at radius 3 is 2.25 bits per heavy atom. The SMILES string of the molecule is Nc1ccc(-c2cc(Cc3ccc(Oc4ccc(F)cc4)cc3)no2)c(N)n1. The van der Waals surface area contributed by atoms with Crippen LogP contribution in [-0.4, -0.2) is 10.1 Å². The van der Waals surface area contributed by atoms with Crippen LogP contribution in [0.3, 0.4) is 0 Å². The molecule has 0 spiro atoms. The highest BCUT2D eigenvalue weighted by molar-refractivity contribution is 5.71. The fraction of sp³-hybridized carbons (Fsp3) is 0.0476. The van der Waals surface area contributed by atoms with Crippen LogP contribution >= 0.6 is 0 Å². The molecule has 0 unspecified atom stereocenters. The van der Waals surface area contributed by atoms with Crippen molar-refractivity contribution in [2.75, 3.05) is 11.5 Å². The van der Waals surface area contributed by atoms with Crippen molar-refractivity contribution in [1.82, 2.24) is 10.1 Å². The predicted octanol–water partition coefficient (Wildman–Crippen LogP) is 4.42. The van der Waals surface area contributed by atoms with Gasteiger partial charge in [0.25, 0.3) is 0 Å². The summed E-state index contributed by atoms with van der Waals surface area (Å²) < 4.78 is 24.0. The van der Waals surface area contributed by atoms with Crippen molar-refractivity contribution in [2.24, 2.45) is 0 Å². The number of aromatic nitrogens is 2. The summed E-state index contributed by atoms with van der Waals surface area (Å²) in [6.07, 6.45) is 0.586. The highest BCUT2D eigenvalue weighted by atomic mass is 19.1. The summed E-state index contributed by atoms with van der Waals surface area (Å²) in [5, 5.41) is 4.09. The summed E-state index contributed by atoms with van der Waals surface area (Å²) in [7, 11) is 0. The minimum Gasteiger partial charge on any atom is -0.457 e. The van der Waals surface area contributed by atoms with E-state index < -0.39 is 0 Å². The standard InChI is InChI=1S/C21H17FN4O2/c22-14-3-7-17(8-4-14)27-16-5-1-13(2-6-16)11-15-12-19(28-26-15)18-9-10-20(23)25-21(18)24/h1-10,12H,11H2,(H4,23,24,25). The number of nitrogens with zero attached hydrogens (tertiary/aromatic N) is 2. The first-order chi connectivity index (χ1) is 13.6. The Balaban J connectivity index is 1.45. The van der Waals surface area contributed by atoms with E-state index in [2.05, 4.69) is 10.1 Å². The summed E-state index contributed by atoms with van der Waals surface area (Å²) in [6.45, 7) is 0. The molecule has 0 aliphatic heterocycles. The van der Waals surface area contributed by atoms with Gasteiger partial charge in [0, 0.05) is 12.5 Å². The maximum Gasteiger partial charge on any atom is 0.170 e. The van der Waals surface area contributed by atoms with E-state index in [1.807, 2.05) is 30.3 Å². The lowest BCUT2D eigenvalue weighted by Crippen LogP contribution is -1.97. The lowest BCUT2D eigenvalue weighted by atomic mass is 10.1. The average molecular weight is 376 g/mol. The Hall–Kier alpha value is -3.87. The molecule has 0 bridgehead atoms. The van der Waals surface area contributed by atoms with Crippen molar-refractivity contribution in [3.63, 3.8) is 0 Å². The largest absolute Gasteiger partial charge is 0.457 e. The Bertz CT molecular complexity index is 1090. The van der Waals surface area contributed by atoms with E-state index in [4.69, 9.17) is 20.7 Å². The molecule has 0 aliphatic rings. The molecular formula is C21H17FN4O2. The highest BCUT2D eigenvalue weighted by Crippen LogP contribution is 2.27. The quantitative estimate of drug-likeness (QED) is 0.535. The van der Waals surface area contributed by atoms with E-state index >= 15 is 0 Å². The lowest BCUT2D eigenvalue weighted by molar-refractivity contribution is 0.425.